The smallest absolute Gasteiger partial charge is 0.306 e. The molecule has 1 aliphatic heterocycles. The van der Waals surface area contributed by atoms with Crippen LogP contribution in [0.25, 0.3) is 0 Å². The zero-order valence-electron chi connectivity index (χ0n) is 20.8. The number of aliphatic carboxylic acids is 1. The molecular formula is C27H47NO2. The minimum Gasteiger partial charge on any atom is -0.481 e. The number of piperidine rings is 1. The van der Waals surface area contributed by atoms with Gasteiger partial charge in [-0.3, -0.25) is 4.79 Å². The molecule has 30 heavy (non-hydrogen) atoms. The van der Waals surface area contributed by atoms with E-state index in [9.17, 15) is 4.79 Å². The maximum atomic E-state index is 10.5. The molecule has 3 heteroatoms. The van der Waals surface area contributed by atoms with Crippen LogP contribution in [0.15, 0.2) is 66.7 Å². The van der Waals surface area contributed by atoms with Crippen molar-refractivity contribution in [2.75, 3.05) is 19.6 Å². The SMILES string of the molecule is CC.CC.CC.CCN1CCC(C(=O)O)CC1.Cc1ccccc1.c1ccccc1. The molecule has 1 fully saturated rings. The first-order chi connectivity index (χ1) is 14.6. The van der Waals surface area contributed by atoms with Gasteiger partial charge in [0, 0.05) is 0 Å². The van der Waals surface area contributed by atoms with Crippen molar-refractivity contribution in [3.63, 3.8) is 0 Å². The van der Waals surface area contributed by atoms with Crippen molar-refractivity contribution in [3.05, 3.63) is 72.3 Å². The van der Waals surface area contributed by atoms with E-state index in [0.717, 1.165) is 32.5 Å². The Morgan fingerprint density at radius 3 is 1.37 bits per heavy atom. The summed E-state index contributed by atoms with van der Waals surface area (Å²) in [4.78, 5) is 12.8. The third kappa shape index (κ3) is 20.6. The molecule has 0 saturated carbocycles. The van der Waals surface area contributed by atoms with Crippen LogP contribution in [-0.4, -0.2) is 35.6 Å². The third-order valence-corrected chi connectivity index (χ3v) is 3.99. The summed E-state index contributed by atoms with van der Waals surface area (Å²) >= 11 is 0. The molecule has 0 atom stereocenters. The fourth-order valence-electron chi connectivity index (χ4n) is 2.42. The topological polar surface area (TPSA) is 40.5 Å². The van der Waals surface area contributed by atoms with Gasteiger partial charge in [-0.05, 0) is 39.4 Å². The summed E-state index contributed by atoms with van der Waals surface area (Å²) in [7, 11) is 0. The van der Waals surface area contributed by atoms with Crippen LogP contribution in [0.1, 0.15) is 66.9 Å². The molecule has 0 radical (unpaired) electrons. The lowest BCUT2D eigenvalue weighted by molar-refractivity contribution is -0.143. The zero-order valence-corrected chi connectivity index (χ0v) is 20.8. The molecule has 3 rings (SSSR count). The molecular weight excluding hydrogens is 370 g/mol. The molecule has 1 saturated heterocycles. The van der Waals surface area contributed by atoms with Gasteiger partial charge in [0.1, 0.15) is 0 Å². The molecule has 172 valence electrons. The van der Waals surface area contributed by atoms with Gasteiger partial charge in [0.25, 0.3) is 0 Å². The highest BCUT2D eigenvalue weighted by atomic mass is 16.4. The molecule has 0 spiro atoms. The Kier molecular flexibility index (Phi) is 29.1. The van der Waals surface area contributed by atoms with E-state index in [1.54, 1.807) is 0 Å². The highest BCUT2D eigenvalue weighted by Crippen LogP contribution is 2.16. The van der Waals surface area contributed by atoms with Gasteiger partial charge in [-0.1, -0.05) is 121 Å². The summed E-state index contributed by atoms with van der Waals surface area (Å²) in [5.74, 6) is -0.710. The Balaban J connectivity index is -0.000000335. The van der Waals surface area contributed by atoms with Crippen molar-refractivity contribution in [1.82, 2.24) is 4.90 Å². The van der Waals surface area contributed by atoms with Crippen LogP contribution in [0, 0.1) is 12.8 Å². The summed E-state index contributed by atoms with van der Waals surface area (Å²) in [5, 5.41) is 8.68. The van der Waals surface area contributed by atoms with E-state index >= 15 is 0 Å². The summed E-state index contributed by atoms with van der Waals surface area (Å²) in [5.41, 5.74) is 1.32. The molecule has 0 aromatic heterocycles. The Hall–Kier alpha value is -2.13. The van der Waals surface area contributed by atoms with Gasteiger partial charge in [-0.25, -0.2) is 0 Å². The lowest BCUT2D eigenvalue weighted by Crippen LogP contribution is -2.35. The lowest BCUT2D eigenvalue weighted by Gasteiger charge is -2.28. The maximum absolute atomic E-state index is 10.5. The number of likely N-dealkylation sites (tertiary alicyclic amines) is 1. The number of benzene rings is 2. The molecule has 1 N–H and O–H groups in total. The summed E-state index contributed by atoms with van der Waals surface area (Å²) in [6.07, 6.45) is 1.65. The predicted molar refractivity (Wildman–Crippen MR) is 134 cm³/mol. The Bertz CT molecular complexity index is 509. The molecule has 0 aliphatic carbocycles. The van der Waals surface area contributed by atoms with Crippen LogP contribution in [0.5, 0.6) is 0 Å². The minimum atomic E-state index is -0.624. The van der Waals surface area contributed by atoms with Crippen molar-refractivity contribution in [2.45, 2.75) is 68.2 Å². The second kappa shape index (κ2) is 26.9. The van der Waals surface area contributed by atoms with Crippen LogP contribution in [0.3, 0.4) is 0 Å². The normalized spacial score (nSPS) is 12.3. The van der Waals surface area contributed by atoms with E-state index in [2.05, 4.69) is 30.9 Å². The molecule has 0 amide bonds. The van der Waals surface area contributed by atoms with Crippen molar-refractivity contribution >= 4 is 5.97 Å². The van der Waals surface area contributed by atoms with Gasteiger partial charge in [0.15, 0.2) is 0 Å². The largest absolute Gasteiger partial charge is 0.481 e. The molecule has 0 bridgehead atoms. The van der Waals surface area contributed by atoms with Crippen LogP contribution in [0.2, 0.25) is 0 Å². The van der Waals surface area contributed by atoms with Gasteiger partial charge >= 0.3 is 5.97 Å². The Morgan fingerprint density at radius 1 is 0.800 bits per heavy atom. The van der Waals surface area contributed by atoms with Crippen LogP contribution in [0.4, 0.5) is 0 Å². The highest BCUT2D eigenvalue weighted by molar-refractivity contribution is 5.70. The molecule has 0 unspecified atom stereocenters. The summed E-state index contributed by atoms with van der Waals surface area (Å²) in [6.45, 7) is 19.1. The summed E-state index contributed by atoms with van der Waals surface area (Å²) in [6, 6.07) is 22.3. The third-order valence-electron chi connectivity index (χ3n) is 3.99. The van der Waals surface area contributed by atoms with Crippen LogP contribution < -0.4 is 0 Å². The average Bonchev–Trinajstić information content (AvgIpc) is 2.85. The van der Waals surface area contributed by atoms with Crippen molar-refractivity contribution < 1.29 is 9.90 Å². The summed E-state index contributed by atoms with van der Waals surface area (Å²) < 4.78 is 0. The first-order valence-corrected chi connectivity index (χ1v) is 11.6. The number of aryl methyl sites for hydroxylation is 1. The fraction of sp³-hybridized carbons (Fsp3) is 0.519. The lowest BCUT2D eigenvalue weighted by atomic mass is 9.97. The molecule has 1 heterocycles. The second-order valence-electron chi connectivity index (χ2n) is 5.86. The van der Waals surface area contributed by atoms with E-state index in [4.69, 9.17) is 5.11 Å². The molecule has 3 nitrogen and oxygen atoms in total. The van der Waals surface area contributed by atoms with Crippen molar-refractivity contribution in [1.29, 1.82) is 0 Å². The number of carboxylic acid groups (broad SMARTS) is 1. The Labute approximate surface area is 187 Å². The first-order valence-electron chi connectivity index (χ1n) is 11.6. The van der Waals surface area contributed by atoms with E-state index in [1.807, 2.05) is 96.1 Å². The number of rotatable bonds is 2. The van der Waals surface area contributed by atoms with Crippen molar-refractivity contribution in [3.8, 4) is 0 Å². The Morgan fingerprint density at radius 2 is 1.13 bits per heavy atom. The van der Waals surface area contributed by atoms with Crippen molar-refractivity contribution in [2.24, 2.45) is 5.92 Å². The second-order valence-corrected chi connectivity index (χ2v) is 5.86. The zero-order chi connectivity index (χ0) is 23.6. The average molecular weight is 418 g/mol. The number of carboxylic acids is 1. The van der Waals surface area contributed by atoms with Crippen LogP contribution >= 0.6 is 0 Å². The van der Waals surface area contributed by atoms with E-state index in [1.165, 1.54) is 5.56 Å². The fourth-order valence-corrected chi connectivity index (χ4v) is 2.42. The van der Waals surface area contributed by atoms with E-state index < -0.39 is 5.97 Å². The standard InChI is InChI=1S/C8H15NO2.C7H8.C6H6.3C2H6/c1-2-9-5-3-7(4-6-9)8(10)11;1-7-5-3-2-4-6-7;1-2-4-6-5-3-1;3*1-2/h7H,2-6H2,1H3,(H,10,11);2-6H,1H3;1-6H;3*1-2H3. The van der Waals surface area contributed by atoms with Gasteiger partial charge < -0.3 is 10.0 Å². The maximum Gasteiger partial charge on any atom is 0.306 e. The van der Waals surface area contributed by atoms with E-state index in [0.29, 0.717) is 0 Å². The van der Waals surface area contributed by atoms with Gasteiger partial charge in [-0.15, -0.1) is 0 Å². The number of nitrogens with zero attached hydrogens (tertiary/aromatic N) is 1. The molecule has 1 aliphatic rings. The number of hydrogen-bond acceptors (Lipinski definition) is 2. The highest BCUT2D eigenvalue weighted by Gasteiger charge is 2.23. The van der Waals surface area contributed by atoms with Gasteiger partial charge in [-0.2, -0.15) is 0 Å². The predicted octanol–water partition coefficient (Wildman–Crippen LogP) is 7.56. The van der Waals surface area contributed by atoms with Gasteiger partial charge in [0.2, 0.25) is 0 Å². The number of hydrogen-bond donors (Lipinski definition) is 1. The van der Waals surface area contributed by atoms with E-state index in [-0.39, 0.29) is 5.92 Å². The quantitative estimate of drug-likeness (QED) is 0.548. The monoisotopic (exact) mass is 417 g/mol. The molecule has 2 aromatic rings. The van der Waals surface area contributed by atoms with Crippen LogP contribution in [-0.2, 0) is 4.79 Å². The van der Waals surface area contributed by atoms with Gasteiger partial charge in [0.05, 0.1) is 5.92 Å². The minimum absolute atomic E-state index is 0.0854. The first kappa shape index (κ1) is 32.5. The number of carbonyl (C=O) groups is 1. The molecule has 2 aromatic carbocycles.